The highest BCUT2D eigenvalue weighted by atomic mass is 16.5. The number of nitrogens with one attached hydrogen (secondary N) is 1. The van der Waals surface area contributed by atoms with Gasteiger partial charge >= 0.3 is 0 Å². The second kappa shape index (κ2) is 8.62. The van der Waals surface area contributed by atoms with Gasteiger partial charge in [-0.05, 0) is 59.9 Å². The first kappa shape index (κ1) is 21.1. The van der Waals surface area contributed by atoms with Gasteiger partial charge in [0.1, 0.15) is 11.5 Å². The molecule has 3 aromatic rings. The fraction of sp³-hybridized carbons (Fsp3) is 0.259. The molecule has 1 saturated carbocycles. The molecule has 1 aliphatic carbocycles. The molecule has 33 heavy (non-hydrogen) atoms. The number of methoxy groups -OCH3 is 2. The minimum atomic E-state index is -0.407. The van der Waals surface area contributed by atoms with Crippen molar-refractivity contribution in [3.8, 4) is 17.2 Å². The normalized spacial score (nSPS) is 21.7. The Morgan fingerprint density at radius 3 is 2.52 bits per heavy atom. The van der Waals surface area contributed by atoms with Gasteiger partial charge in [-0.3, -0.25) is 9.79 Å². The van der Waals surface area contributed by atoms with E-state index in [1.54, 1.807) is 32.4 Å². The van der Waals surface area contributed by atoms with Crippen LogP contribution >= 0.6 is 0 Å². The van der Waals surface area contributed by atoms with Gasteiger partial charge in [0.25, 0.3) is 0 Å². The maximum Gasteiger partial charge on any atom is 0.160 e. The molecule has 3 atom stereocenters. The number of para-hydroxylation sites is 2. The monoisotopic (exact) mass is 442 g/mol. The summed E-state index contributed by atoms with van der Waals surface area (Å²) in [6.45, 7) is 0. The fourth-order valence-electron chi connectivity index (χ4n) is 4.94. The molecule has 6 nitrogen and oxygen atoms in total. The number of rotatable bonds is 4. The molecule has 0 aromatic heterocycles. The molecule has 1 heterocycles. The van der Waals surface area contributed by atoms with Crippen LogP contribution in [-0.2, 0) is 4.79 Å². The van der Waals surface area contributed by atoms with E-state index in [9.17, 15) is 9.90 Å². The Bertz CT molecular complexity index is 1240. The molecule has 0 saturated heterocycles. The summed E-state index contributed by atoms with van der Waals surface area (Å²) >= 11 is 0. The smallest absolute Gasteiger partial charge is 0.160 e. The molecule has 3 unspecified atom stereocenters. The third-order valence-electron chi connectivity index (χ3n) is 6.53. The summed E-state index contributed by atoms with van der Waals surface area (Å²) in [5.74, 6) is 1.22. The van der Waals surface area contributed by atoms with E-state index in [1.807, 2.05) is 48.5 Å². The van der Waals surface area contributed by atoms with E-state index in [4.69, 9.17) is 14.5 Å². The Morgan fingerprint density at radius 1 is 0.909 bits per heavy atom. The molecule has 2 aliphatic rings. The van der Waals surface area contributed by atoms with Gasteiger partial charge in [0.15, 0.2) is 11.5 Å². The summed E-state index contributed by atoms with van der Waals surface area (Å²) in [5.41, 5.74) is 4.45. The summed E-state index contributed by atoms with van der Waals surface area (Å²) < 4.78 is 10.8. The number of aliphatic imine (C=N–C) groups is 1. The van der Waals surface area contributed by atoms with Crippen molar-refractivity contribution in [2.45, 2.75) is 24.8 Å². The van der Waals surface area contributed by atoms with E-state index >= 15 is 0 Å². The van der Waals surface area contributed by atoms with Gasteiger partial charge in [-0.1, -0.05) is 30.3 Å². The van der Waals surface area contributed by atoms with Crippen molar-refractivity contribution in [3.05, 3.63) is 77.9 Å². The van der Waals surface area contributed by atoms with Crippen LogP contribution in [-0.4, -0.2) is 30.8 Å². The number of carbonyl (C=O) groups is 1. The number of fused-ring (bicyclic) bond motifs is 2. The molecule has 6 heteroatoms. The Balaban J connectivity index is 1.57. The number of benzene rings is 3. The molecule has 3 aromatic carbocycles. The third kappa shape index (κ3) is 3.93. The van der Waals surface area contributed by atoms with Crippen LogP contribution in [0.3, 0.4) is 0 Å². The van der Waals surface area contributed by atoms with Crippen LogP contribution in [0.25, 0.3) is 0 Å². The van der Waals surface area contributed by atoms with E-state index in [0.717, 1.165) is 28.2 Å². The Kier molecular flexibility index (Phi) is 5.50. The Morgan fingerprint density at radius 2 is 1.73 bits per heavy atom. The largest absolute Gasteiger partial charge is 0.508 e. The van der Waals surface area contributed by atoms with Gasteiger partial charge in [-0.2, -0.15) is 0 Å². The lowest BCUT2D eigenvalue weighted by molar-refractivity contribution is -0.122. The average molecular weight is 443 g/mol. The highest BCUT2D eigenvalue weighted by Crippen LogP contribution is 2.45. The second-order valence-electron chi connectivity index (χ2n) is 8.50. The van der Waals surface area contributed by atoms with Crippen LogP contribution in [0.4, 0.5) is 11.4 Å². The fourth-order valence-corrected chi connectivity index (χ4v) is 4.94. The van der Waals surface area contributed by atoms with Gasteiger partial charge in [0, 0.05) is 12.1 Å². The summed E-state index contributed by atoms with van der Waals surface area (Å²) in [7, 11) is 3.22. The standard InChI is InChI=1S/C27H26N2O4/c1-32-24-11-10-16(15-25(24)33-2)18-13-22-26(23(31)14-18)27(17-6-5-7-19(30)12-17)29-21-9-4-3-8-20(21)28-22/h3-12,15,18,26-27,29-30H,13-14H2,1-2H3. The third-order valence-corrected chi connectivity index (χ3v) is 6.53. The van der Waals surface area contributed by atoms with Crippen molar-refractivity contribution in [2.24, 2.45) is 10.9 Å². The Hall–Kier alpha value is -3.80. The first-order valence-corrected chi connectivity index (χ1v) is 11.0. The molecule has 1 aliphatic heterocycles. The van der Waals surface area contributed by atoms with E-state index < -0.39 is 5.92 Å². The zero-order valence-electron chi connectivity index (χ0n) is 18.6. The molecule has 0 amide bonds. The number of hydrogen-bond donors (Lipinski definition) is 2. The predicted octanol–water partition coefficient (Wildman–Crippen LogP) is 5.41. The lowest BCUT2D eigenvalue weighted by Gasteiger charge is -2.34. The minimum Gasteiger partial charge on any atom is -0.508 e. The number of ether oxygens (including phenoxy) is 2. The maximum atomic E-state index is 13.6. The van der Waals surface area contributed by atoms with Crippen LogP contribution in [0.2, 0.25) is 0 Å². The number of carbonyl (C=O) groups excluding carboxylic acids is 1. The first-order valence-electron chi connectivity index (χ1n) is 11.0. The summed E-state index contributed by atoms with van der Waals surface area (Å²) in [4.78, 5) is 18.6. The molecule has 5 rings (SSSR count). The van der Waals surface area contributed by atoms with Crippen LogP contribution in [0.5, 0.6) is 17.2 Å². The number of Topliss-reactive ketones (excluding diaryl/α,β-unsaturated/α-hetero) is 1. The lowest BCUT2D eigenvalue weighted by Crippen LogP contribution is -2.38. The van der Waals surface area contributed by atoms with Crippen molar-refractivity contribution >= 4 is 22.9 Å². The van der Waals surface area contributed by atoms with Crippen molar-refractivity contribution < 1.29 is 19.4 Å². The predicted molar refractivity (Wildman–Crippen MR) is 128 cm³/mol. The number of ketones is 1. The molecular weight excluding hydrogens is 416 g/mol. The minimum absolute atomic E-state index is 0.00222. The number of anilines is 1. The highest BCUT2D eigenvalue weighted by molar-refractivity contribution is 6.10. The number of phenols is 1. The number of hydrogen-bond acceptors (Lipinski definition) is 6. The molecule has 2 N–H and O–H groups in total. The first-order chi connectivity index (χ1) is 16.1. The van der Waals surface area contributed by atoms with Crippen LogP contribution in [0, 0.1) is 5.92 Å². The van der Waals surface area contributed by atoms with Gasteiger partial charge in [-0.15, -0.1) is 0 Å². The van der Waals surface area contributed by atoms with Crippen LogP contribution < -0.4 is 14.8 Å². The number of nitrogens with zero attached hydrogens (tertiary/aromatic N) is 1. The van der Waals surface area contributed by atoms with Gasteiger partial charge in [0.2, 0.25) is 0 Å². The van der Waals surface area contributed by atoms with Crippen LogP contribution in [0.1, 0.15) is 35.9 Å². The lowest BCUT2D eigenvalue weighted by atomic mass is 9.72. The molecule has 0 bridgehead atoms. The molecule has 1 fully saturated rings. The second-order valence-corrected chi connectivity index (χ2v) is 8.50. The van der Waals surface area contributed by atoms with Crippen molar-refractivity contribution in [2.75, 3.05) is 19.5 Å². The molecular formula is C27H26N2O4. The number of phenolic OH excluding ortho intramolecular Hbond substituents is 1. The summed E-state index contributed by atoms with van der Waals surface area (Å²) in [5, 5.41) is 13.6. The van der Waals surface area contributed by atoms with Crippen molar-refractivity contribution in [1.29, 1.82) is 0 Å². The highest BCUT2D eigenvalue weighted by Gasteiger charge is 2.41. The van der Waals surface area contributed by atoms with E-state index in [1.165, 1.54) is 0 Å². The van der Waals surface area contributed by atoms with E-state index in [-0.39, 0.29) is 23.5 Å². The Labute approximate surface area is 192 Å². The van der Waals surface area contributed by atoms with Gasteiger partial charge in [0.05, 0.1) is 37.6 Å². The molecule has 0 radical (unpaired) electrons. The van der Waals surface area contributed by atoms with E-state index in [0.29, 0.717) is 24.3 Å². The van der Waals surface area contributed by atoms with Crippen molar-refractivity contribution in [1.82, 2.24) is 0 Å². The number of aromatic hydroxyl groups is 1. The molecule has 168 valence electrons. The van der Waals surface area contributed by atoms with E-state index in [2.05, 4.69) is 5.32 Å². The zero-order valence-corrected chi connectivity index (χ0v) is 18.6. The maximum absolute atomic E-state index is 13.6. The summed E-state index contributed by atoms with van der Waals surface area (Å²) in [6, 6.07) is 20.5. The van der Waals surface area contributed by atoms with Gasteiger partial charge in [-0.25, -0.2) is 0 Å². The average Bonchev–Trinajstić information content (AvgIpc) is 3.00. The van der Waals surface area contributed by atoms with Crippen LogP contribution in [0.15, 0.2) is 71.7 Å². The zero-order chi connectivity index (χ0) is 22.9. The quantitative estimate of drug-likeness (QED) is 0.565. The van der Waals surface area contributed by atoms with Gasteiger partial charge < -0.3 is 19.9 Å². The molecule has 0 spiro atoms. The van der Waals surface area contributed by atoms with Crippen molar-refractivity contribution in [3.63, 3.8) is 0 Å². The summed E-state index contributed by atoms with van der Waals surface area (Å²) in [6.07, 6.45) is 1.07. The SMILES string of the molecule is COc1ccc(C2CC(=O)C3C(=Nc4ccccc4NC3c3cccc(O)c3)C2)cc1OC. The topological polar surface area (TPSA) is 80.2 Å².